The van der Waals surface area contributed by atoms with E-state index < -0.39 is 17.0 Å². The van der Waals surface area contributed by atoms with Crippen molar-refractivity contribution in [2.45, 2.75) is 54.4 Å². The zero-order chi connectivity index (χ0) is 19.3. The van der Waals surface area contributed by atoms with Crippen molar-refractivity contribution in [1.29, 1.82) is 0 Å². The minimum atomic E-state index is -0.556. The van der Waals surface area contributed by atoms with Crippen LogP contribution in [0.2, 0.25) is 0 Å². The second-order valence-electron chi connectivity index (χ2n) is 5.94. The summed E-state index contributed by atoms with van der Waals surface area (Å²) in [4.78, 5) is 0. The van der Waals surface area contributed by atoms with Gasteiger partial charge in [-0.15, -0.1) is 0 Å². The van der Waals surface area contributed by atoms with Crippen molar-refractivity contribution < 1.29 is 22.1 Å². The molecule has 0 aromatic heterocycles. The van der Waals surface area contributed by atoms with Crippen LogP contribution in [0.25, 0.3) is 0 Å². The van der Waals surface area contributed by atoms with Gasteiger partial charge in [-0.2, -0.15) is 56.7 Å². The van der Waals surface area contributed by atoms with E-state index in [1.165, 1.54) is 33.8 Å². The molecule has 24 heavy (non-hydrogen) atoms. The fraction of sp³-hybridized carbons (Fsp3) is 0.450. The molecule has 0 unspecified atom stereocenters. The maximum absolute atomic E-state index is 7.00. The Morgan fingerprint density at radius 1 is 0.958 bits per heavy atom. The molecule has 2 rings (SSSR count). The Morgan fingerprint density at radius 2 is 1.33 bits per heavy atom. The SMILES string of the molecule is CC1=C(C)C(c2[c-]cccc2)C(C)=C1C.CO.C[C-](C)C.[Cl][Ti][Cl]. The Balaban J connectivity index is 0. The average molecular weight is 405 g/mol. The molecule has 136 valence electrons. The predicted molar refractivity (Wildman–Crippen MR) is 105 cm³/mol. The van der Waals surface area contributed by atoms with Crippen molar-refractivity contribution in [3.8, 4) is 0 Å². The normalized spacial score (nSPS) is 13.5. The van der Waals surface area contributed by atoms with Gasteiger partial charge in [-0.1, -0.05) is 11.1 Å². The van der Waals surface area contributed by atoms with Gasteiger partial charge in [0.15, 0.2) is 0 Å². The van der Waals surface area contributed by atoms with Crippen LogP contribution in [-0.2, 0) is 17.0 Å². The molecule has 1 N–H and O–H groups in total. The molecule has 0 radical (unpaired) electrons. The molecule has 0 fully saturated rings. The summed E-state index contributed by atoms with van der Waals surface area (Å²) >= 11 is -0.556. The molecule has 0 heterocycles. The van der Waals surface area contributed by atoms with E-state index in [1.54, 1.807) is 0 Å². The van der Waals surface area contributed by atoms with Crippen LogP contribution in [0.15, 0.2) is 46.6 Å². The molecule has 4 heteroatoms. The number of hydrogen-bond donors (Lipinski definition) is 1. The number of halogens is 2. The summed E-state index contributed by atoms with van der Waals surface area (Å²) in [7, 11) is 10.8. The van der Waals surface area contributed by atoms with Crippen LogP contribution >= 0.6 is 18.6 Å². The van der Waals surface area contributed by atoms with Gasteiger partial charge in [0, 0.05) is 13.0 Å². The van der Waals surface area contributed by atoms with Gasteiger partial charge in [-0.3, -0.25) is 0 Å². The van der Waals surface area contributed by atoms with Crippen LogP contribution < -0.4 is 0 Å². The predicted octanol–water partition coefficient (Wildman–Crippen LogP) is 6.86. The Bertz CT molecular complexity index is 481. The van der Waals surface area contributed by atoms with Gasteiger partial charge in [-0.05, 0) is 38.8 Å². The van der Waals surface area contributed by atoms with Crippen molar-refractivity contribution in [1.82, 2.24) is 0 Å². The topological polar surface area (TPSA) is 20.2 Å². The van der Waals surface area contributed by atoms with Gasteiger partial charge < -0.3 is 11.0 Å². The van der Waals surface area contributed by atoms with Crippen LogP contribution in [-0.4, -0.2) is 12.2 Å². The number of aliphatic hydroxyl groups excluding tert-OH is 1. The Labute approximate surface area is 165 Å². The first-order valence-corrected chi connectivity index (χ1v) is 12.1. The molecule has 1 aromatic rings. The Hall–Kier alpha value is -0.0457. The van der Waals surface area contributed by atoms with Crippen LogP contribution in [0, 0.1) is 12.0 Å². The molecule has 1 aliphatic carbocycles. The van der Waals surface area contributed by atoms with Crippen molar-refractivity contribution in [2.75, 3.05) is 7.11 Å². The first kappa shape index (κ1) is 26.2. The number of benzene rings is 1. The summed E-state index contributed by atoms with van der Waals surface area (Å²) in [6.07, 6.45) is 0. The Morgan fingerprint density at radius 3 is 1.62 bits per heavy atom. The third kappa shape index (κ3) is 9.44. The first-order chi connectivity index (χ1) is 11.3. The second-order valence-corrected chi connectivity index (χ2v) is 8.52. The summed E-state index contributed by atoms with van der Waals surface area (Å²) in [5.41, 5.74) is 7.16. The Kier molecular flexibility index (Phi) is 16.6. The van der Waals surface area contributed by atoms with E-state index in [0.29, 0.717) is 5.92 Å². The molecule has 1 nitrogen and oxygen atoms in total. The molecule has 0 spiro atoms. The molecular formula is C20H30Cl2OTi-2. The van der Waals surface area contributed by atoms with Crippen molar-refractivity contribution in [3.63, 3.8) is 0 Å². The van der Waals surface area contributed by atoms with E-state index in [1.807, 2.05) is 12.1 Å². The van der Waals surface area contributed by atoms with Crippen LogP contribution in [0.1, 0.15) is 59.9 Å². The second kappa shape index (κ2) is 15.2. The van der Waals surface area contributed by atoms with Crippen LogP contribution in [0.4, 0.5) is 0 Å². The summed E-state index contributed by atoms with van der Waals surface area (Å²) in [5.74, 6) is 1.88. The van der Waals surface area contributed by atoms with Gasteiger partial charge in [0.2, 0.25) is 0 Å². The van der Waals surface area contributed by atoms with E-state index in [0.717, 1.165) is 7.11 Å². The van der Waals surface area contributed by atoms with Gasteiger partial charge in [0.1, 0.15) is 0 Å². The maximum atomic E-state index is 7.00. The van der Waals surface area contributed by atoms with E-state index >= 15 is 0 Å². The van der Waals surface area contributed by atoms with Crippen LogP contribution in [0.3, 0.4) is 0 Å². The fourth-order valence-corrected chi connectivity index (χ4v) is 2.40. The van der Waals surface area contributed by atoms with Crippen molar-refractivity contribution >= 4 is 18.6 Å². The third-order valence-corrected chi connectivity index (χ3v) is 3.66. The van der Waals surface area contributed by atoms with Crippen LogP contribution in [0.5, 0.6) is 0 Å². The first-order valence-electron chi connectivity index (χ1n) is 7.77. The number of aliphatic hydroxyl groups is 1. The van der Waals surface area contributed by atoms with E-state index in [4.69, 9.17) is 23.7 Å². The zero-order valence-electron chi connectivity index (χ0n) is 16.1. The average Bonchev–Trinajstić information content (AvgIpc) is 2.74. The fourth-order valence-electron chi connectivity index (χ4n) is 2.40. The molecular weight excluding hydrogens is 375 g/mol. The molecule has 0 atom stereocenters. The third-order valence-electron chi connectivity index (χ3n) is 3.66. The minimum absolute atomic E-state index is 0.464. The molecule has 1 aliphatic rings. The number of allylic oxidation sites excluding steroid dienone is 4. The number of hydrogen-bond acceptors (Lipinski definition) is 1. The van der Waals surface area contributed by atoms with E-state index in [2.05, 4.69) is 66.7 Å². The molecule has 0 amide bonds. The van der Waals surface area contributed by atoms with Crippen molar-refractivity contribution in [2.24, 2.45) is 0 Å². The monoisotopic (exact) mass is 404 g/mol. The zero-order valence-corrected chi connectivity index (χ0v) is 19.2. The van der Waals surface area contributed by atoms with Gasteiger partial charge >= 0.3 is 35.6 Å². The number of rotatable bonds is 1. The van der Waals surface area contributed by atoms with Crippen molar-refractivity contribution in [3.05, 3.63) is 64.1 Å². The standard InChI is InChI=1S/C15H17.C4H9.CH4O.2ClH.Ti/c1-10-11(2)13(4)15(12(10)3)14-8-6-5-7-9-14;1-4(2)3;1-2;;;/h5-8,15H,1-4H3;1-3H3;2H,1H3;2*1H;/q2*-1;;;;+2/p-2. The van der Waals surface area contributed by atoms with E-state index in [-0.39, 0.29) is 0 Å². The van der Waals surface area contributed by atoms with E-state index in [9.17, 15) is 0 Å². The molecule has 0 aliphatic heterocycles. The summed E-state index contributed by atoms with van der Waals surface area (Å²) in [6, 6.07) is 11.6. The summed E-state index contributed by atoms with van der Waals surface area (Å²) in [6.45, 7) is 15.2. The van der Waals surface area contributed by atoms with Gasteiger partial charge in [0.25, 0.3) is 0 Å². The molecule has 1 aromatic carbocycles. The van der Waals surface area contributed by atoms with Gasteiger partial charge in [0.05, 0.1) is 0 Å². The molecule has 0 bridgehead atoms. The molecule has 0 saturated carbocycles. The summed E-state index contributed by atoms with van der Waals surface area (Å²) in [5, 5.41) is 7.00. The quantitative estimate of drug-likeness (QED) is 0.400. The van der Waals surface area contributed by atoms with Gasteiger partial charge in [-0.25, -0.2) is 0 Å². The molecule has 0 saturated heterocycles. The summed E-state index contributed by atoms with van der Waals surface area (Å²) < 4.78 is 0.